The fourth-order valence-electron chi connectivity index (χ4n) is 14.3. The second-order valence-corrected chi connectivity index (χ2v) is 28.1. The molecule has 9 aliphatic rings. The van der Waals surface area contributed by atoms with Crippen molar-refractivity contribution in [1.29, 1.82) is 0 Å². The minimum absolute atomic E-state index is 0.829. The molecule has 636 valence electrons. The smallest absolute Gasteiger partial charge is 0.217 e. The predicted octanol–water partition coefficient (Wildman–Crippen LogP) is -18.0. The first-order valence-corrected chi connectivity index (χ1v) is 35.3. The van der Waals surface area contributed by atoms with Crippen LogP contribution in [0.2, 0.25) is 0 Å². The molecule has 9 aliphatic heterocycles. The summed E-state index contributed by atoms with van der Waals surface area (Å²) < 4.78 is 102. The van der Waals surface area contributed by atoms with E-state index >= 15 is 0 Å². The summed E-state index contributed by atoms with van der Waals surface area (Å²) in [5, 5.41) is 265. The van der Waals surface area contributed by atoms with Crippen LogP contribution in [0, 0.1) is 0 Å². The van der Waals surface area contributed by atoms with Crippen LogP contribution < -0.4 is 21.3 Å². The minimum atomic E-state index is -2.45. The average Bonchev–Trinajstić information content (AvgIpc) is 0.756. The molecule has 0 spiro atoms. The summed E-state index contributed by atoms with van der Waals surface area (Å²) in [6, 6.07) is -7.36. The largest absolute Gasteiger partial charge is 0.394 e. The lowest BCUT2D eigenvalue weighted by atomic mass is 9.93. The van der Waals surface area contributed by atoms with E-state index in [2.05, 4.69) is 21.3 Å². The van der Waals surface area contributed by atoms with Crippen LogP contribution in [0.25, 0.3) is 0 Å². The molecule has 4 amide bonds. The Kier molecular flexibility index (Phi) is 32.0. The molecule has 9 heterocycles. The van der Waals surface area contributed by atoms with E-state index in [1.807, 2.05) is 0 Å². The van der Waals surface area contributed by atoms with Crippen LogP contribution in [0.15, 0.2) is 0 Å². The molecule has 48 heteroatoms. The topological polar surface area (TPSA) is 739 Å². The number of aliphatic hydroxyl groups is 23. The maximum atomic E-state index is 13.4. The third-order valence-corrected chi connectivity index (χ3v) is 20.3. The van der Waals surface area contributed by atoms with E-state index < -0.39 is 346 Å². The predicted molar refractivity (Wildman–Crippen MR) is 341 cm³/mol. The molecule has 9 fully saturated rings. The Morgan fingerprint density at radius 3 is 1.04 bits per heavy atom. The lowest BCUT2D eigenvalue weighted by Crippen LogP contribution is -2.72. The lowest BCUT2D eigenvalue weighted by molar-refractivity contribution is -0.393. The quantitative estimate of drug-likeness (QED) is 0.0363. The first kappa shape index (κ1) is 90.2. The number of hydrogen-bond acceptors (Lipinski definition) is 44. The van der Waals surface area contributed by atoms with Crippen LogP contribution in [0.5, 0.6) is 0 Å². The van der Waals surface area contributed by atoms with Crippen molar-refractivity contribution in [3.63, 3.8) is 0 Å². The highest BCUT2D eigenvalue weighted by Crippen LogP contribution is 2.40. The average molecular weight is 1610 g/mol. The first-order chi connectivity index (χ1) is 51.9. The van der Waals surface area contributed by atoms with Crippen LogP contribution in [0.4, 0.5) is 0 Å². The van der Waals surface area contributed by atoms with Crippen molar-refractivity contribution in [3.05, 3.63) is 0 Å². The molecule has 0 radical (unpaired) electrons. The zero-order valence-corrected chi connectivity index (χ0v) is 59.8. The fourth-order valence-corrected chi connectivity index (χ4v) is 14.3. The standard InChI is InChI=1S/C62H104N4O44/c1-14-31(77)39(85)43(89)58(95-14)107-50-29(65-18(5)75)54(93)97-24(11-71)48(50)105-56-28(64-17(4)74)38(84)47(23(10-70)101-56)104-61-46(92)52(109-60-45(91)41(87)34(80)21(8-68)99-60)36(82)26(103-61)13-94-62-53(42(88)35(81)22(9-69)100-62)110-57-30(66-19(6)76)51(108-59-44(90)40(86)32(78)15(2)96-59)49(25(12-72)102-57)106-55-27(63-16(3)73)37(83)33(79)20(7-67)98-55/h14-15,20-62,67-72,77-93H,7-13H2,1-6H3,(H,63,73)(H,64,74)(H,65,75)(H,66,76)/t14-,15-,20+,21+,22+,23+,24+,25+,26+,27+,28+,29+,30+,31+,32+,33-,34+,35+,36+,37+,38+,39+,40+,41-,42-,43-,44-,45-,46-,47+,48+,49+,50+,51+,52-,53-,54+,55-,56-,57-,58-,59-,60+,61-,62-/m0/s1. The molecule has 9 saturated heterocycles. The second kappa shape index (κ2) is 39.0. The fraction of sp³-hybridized carbons (Fsp3) is 0.935. The van der Waals surface area contributed by atoms with E-state index in [4.69, 9.17) is 80.5 Å². The van der Waals surface area contributed by atoms with Gasteiger partial charge in [0.1, 0.15) is 207 Å². The summed E-state index contributed by atoms with van der Waals surface area (Å²) in [7, 11) is 0. The first-order valence-electron chi connectivity index (χ1n) is 35.3. The van der Waals surface area contributed by atoms with Gasteiger partial charge in [-0.25, -0.2) is 0 Å². The SMILES string of the molecule is CC(=O)N[C@@H]1[C@@H](O[C@@H]2O[C@@H](C)[C@@H](O)[C@@H](O)[C@@H]2O)[C@H](O[C@@H]2O[C@H](CO)[C@@H](O[C@@H]3O[C@H](CO[C@H]4O[C@H](CO)[C@@H](O)[C@H](O)[C@@H]4O[C@@H]4O[C@H](CO)[C@@H](O[C@@H]5O[C@H](CO)[C@H](O)[C@H](O)[C@H]5NC(C)=O)[C@H](O[C@@H]5O[C@@H](C)[C@@H](O)[C@@H](O)[C@@H]5O)[C@H]4NC(C)=O)[C@@H](O)[C@H](O[C@H]4O[C@H](CO)[C@@H](O)[C@H](O)[C@@H]4O)[C@@H]3O)[C@H](O)[C@H]2NC(C)=O)[C@@H](CO)O[C@H]1O. The minimum Gasteiger partial charge on any atom is -0.394 e. The van der Waals surface area contributed by atoms with Crippen LogP contribution in [-0.2, 0) is 99.7 Å². The van der Waals surface area contributed by atoms with Gasteiger partial charge in [-0.15, -0.1) is 0 Å². The Balaban J connectivity index is 1.04. The van der Waals surface area contributed by atoms with Crippen molar-refractivity contribution in [2.75, 3.05) is 46.2 Å². The summed E-state index contributed by atoms with van der Waals surface area (Å²) in [6.07, 6.45) is -82.2. The molecule has 0 saturated carbocycles. The van der Waals surface area contributed by atoms with Crippen LogP contribution in [0.3, 0.4) is 0 Å². The monoisotopic (exact) mass is 1610 g/mol. The van der Waals surface area contributed by atoms with Crippen molar-refractivity contribution >= 4 is 23.6 Å². The van der Waals surface area contributed by atoms with Gasteiger partial charge in [-0.2, -0.15) is 0 Å². The zero-order valence-electron chi connectivity index (χ0n) is 59.8. The lowest BCUT2D eigenvalue weighted by Gasteiger charge is -2.52. The molecule has 9 rings (SSSR count). The van der Waals surface area contributed by atoms with Gasteiger partial charge < -0.3 is 219 Å². The molecular formula is C62H104N4O44. The Morgan fingerprint density at radius 1 is 0.255 bits per heavy atom. The van der Waals surface area contributed by atoms with Crippen molar-refractivity contribution in [3.8, 4) is 0 Å². The maximum Gasteiger partial charge on any atom is 0.217 e. The van der Waals surface area contributed by atoms with E-state index in [9.17, 15) is 137 Å². The number of nitrogens with one attached hydrogen (secondary N) is 4. The molecule has 0 aromatic carbocycles. The van der Waals surface area contributed by atoms with Crippen molar-refractivity contribution in [2.45, 2.75) is 318 Å². The number of hydrogen-bond donors (Lipinski definition) is 27. The zero-order chi connectivity index (χ0) is 81.1. The van der Waals surface area contributed by atoms with Crippen molar-refractivity contribution in [1.82, 2.24) is 21.3 Å². The van der Waals surface area contributed by atoms with E-state index in [1.165, 1.54) is 13.8 Å². The molecule has 0 aromatic heterocycles. The van der Waals surface area contributed by atoms with Crippen LogP contribution >= 0.6 is 0 Å². The van der Waals surface area contributed by atoms with Gasteiger partial charge in [0.2, 0.25) is 23.6 Å². The summed E-state index contributed by atoms with van der Waals surface area (Å²) in [5.74, 6) is -3.57. The Labute approximate surface area is 624 Å². The highest BCUT2D eigenvalue weighted by molar-refractivity contribution is 5.74. The number of aliphatic hydroxyl groups excluding tert-OH is 23. The van der Waals surface area contributed by atoms with Crippen molar-refractivity contribution < 1.29 is 217 Å². The Morgan fingerprint density at radius 2 is 0.564 bits per heavy atom. The van der Waals surface area contributed by atoms with Gasteiger partial charge >= 0.3 is 0 Å². The molecule has 0 unspecified atom stereocenters. The van der Waals surface area contributed by atoms with Gasteiger partial charge in [0.25, 0.3) is 0 Å². The van der Waals surface area contributed by atoms with E-state index in [0.29, 0.717) is 0 Å². The number of rotatable bonds is 27. The van der Waals surface area contributed by atoms with Crippen LogP contribution in [0.1, 0.15) is 41.5 Å². The van der Waals surface area contributed by atoms with Gasteiger partial charge in [0.05, 0.1) is 58.5 Å². The molecule has 0 aromatic rings. The molecule has 45 atom stereocenters. The molecular weight excluding hydrogens is 1500 g/mol. The summed E-state index contributed by atoms with van der Waals surface area (Å²) in [5.41, 5.74) is 0. The number of amides is 4. The highest BCUT2D eigenvalue weighted by atomic mass is 16.8. The second-order valence-electron chi connectivity index (χ2n) is 28.1. The normalized spacial score (nSPS) is 49.6. The third kappa shape index (κ3) is 19.8. The van der Waals surface area contributed by atoms with Gasteiger partial charge in [-0.1, -0.05) is 0 Å². The van der Waals surface area contributed by atoms with Gasteiger partial charge in [0.15, 0.2) is 56.6 Å². The number of carbonyl (C=O) groups is 4. The van der Waals surface area contributed by atoms with Crippen LogP contribution in [-0.4, -0.2) is 463 Å². The van der Waals surface area contributed by atoms with Gasteiger partial charge in [-0.3, -0.25) is 19.2 Å². The molecule has 0 aliphatic carbocycles. The molecule has 0 bridgehead atoms. The van der Waals surface area contributed by atoms with Gasteiger partial charge in [0, 0.05) is 27.7 Å². The Bertz CT molecular complexity index is 2930. The summed E-state index contributed by atoms with van der Waals surface area (Å²) in [6.45, 7) is -1.24. The highest BCUT2D eigenvalue weighted by Gasteiger charge is 2.61. The number of carbonyl (C=O) groups excluding carboxylic acids is 4. The van der Waals surface area contributed by atoms with Crippen molar-refractivity contribution in [2.24, 2.45) is 0 Å². The van der Waals surface area contributed by atoms with Gasteiger partial charge in [-0.05, 0) is 13.8 Å². The molecule has 48 nitrogen and oxygen atoms in total. The summed E-state index contributed by atoms with van der Waals surface area (Å²) >= 11 is 0. The van der Waals surface area contributed by atoms with E-state index in [-0.39, 0.29) is 0 Å². The van der Waals surface area contributed by atoms with E-state index in [1.54, 1.807) is 0 Å². The maximum absolute atomic E-state index is 13.4. The summed E-state index contributed by atoms with van der Waals surface area (Å²) in [4.78, 5) is 51.8. The molecule has 27 N–H and O–H groups in total. The third-order valence-electron chi connectivity index (χ3n) is 20.3. The number of ether oxygens (including phenoxy) is 17. The molecule has 110 heavy (non-hydrogen) atoms. The Hall–Kier alpha value is -3.72. The van der Waals surface area contributed by atoms with E-state index in [0.717, 1.165) is 27.7 Å².